The summed E-state index contributed by atoms with van der Waals surface area (Å²) in [4.78, 5) is 24.3. The van der Waals surface area contributed by atoms with Gasteiger partial charge in [-0.3, -0.25) is 4.79 Å². The number of amides is 3. The molecule has 1 aliphatic heterocycles. The van der Waals surface area contributed by atoms with Gasteiger partial charge in [-0.05, 0) is 31.2 Å². The van der Waals surface area contributed by atoms with Crippen LogP contribution in [0.25, 0.3) is 0 Å². The summed E-state index contributed by atoms with van der Waals surface area (Å²) in [7, 11) is 1.64. The number of nitrogens with one attached hydrogen (secondary N) is 3. The van der Waals surface area contributed by atoms with E-state index in [0.29, 0.717) is 6.54 Å². The van der Waals surface area contributed by atoms with E-state index in [1.807, 2.05) is 18.2 Å². The van der Waals surface area contributed by atoms with Crippen molar-refractivity contribution in [2.45, 2.75) is 44.2 Å². The largest absolute Gasteiger partial charge is 0.373 e. The van der Waals surface area contributed by atoms with Gasteiger partial charge < -0.3 is 20.7 Å². The predicted octanol–water partition coefficient (Wildman–Crippen LogP) is 2.37. The minimum Gasteiger partial charge on any atom is -0.373 e. The lowest BCUT2D eigenvalue weighted by atomic mass is 9.89. The molecule has 4 unspecified atom stereocenters. The highest BCUT2D eigenvalue weighted by Crippen LogP contribution is 2.33. The van der Waals surface area contributed by atoms with E-state index in [9.17, 15) is 9.59 Å². The highest BCUT2D eigenvalue weighted by atomic mass is 16.5. The second-order valence-corrected chi connectivity index (χ2v) is 7.22. The summed E-state index contributed by atoms with van der Waals surface area (Å²) in [6.07, 6.45) is 4.72. The van der Waals surface area contributed by atoms with Crippen LogP contribution in [0.5, 0.6) is 0 Å². The Morgan fingerprint density at radius 2 is 1.92 bits per heavy atom. The van der Waals surface area contributed by atoms with Crippen molar-refractivity contribution < 1.29 is 14.3 Å². The van der Waals surface area contributed by atoms with Gasteiger partial charge in [0.15, 0.2) is 0 Å². The molecule has 4 atom stereocenters. The molecule has 6 nitrogen and oxygen atoms in total. The number of hydrogen-bond donors (Lipinski definition) is 3. The second kappa shape index (κ2) is 9.03. The Morgan fingerprint density at radius 3 is 2.69 bits per heavy atom. The van der Waals surface area contributed by atoms with Gasteiger partial charge in [-0.15, -0.1) is 0 Å². The van der Waals surface area contributed by atoms with Gasteiger partial charge in [0.05, 0.1) is 12.0 Å². The molecule has 0 aromatic heterocycles. The number of ether oxygens (including phenoxy) is 1. The molecule has 0 radical (unpaired) electrons. The third-order valence-corrected chi connectivity index (χ3v) is 5.51. The molecular formula is C20H29N3O3. The van der Waals surface area contributed by atoms with Crippen LogP contribution in [0.2, 0.25) is 0 Å². The number of rotatable bonds is 5. The average molecular weight is 359 g/mol. The molecule has 1 heterocycles. The fraction of sp³-hybridized carbons (Fsp3) is 0.600. The Morgan fingerprint density at radius 1 is 1.12 bits per heavy atom. The lowest BCUT2D eigenvalue weighted by molar-refractivity contribution is -0.124. The Balaban J connectivity index is 1.52. The summed E-state index contributed by atoms with van der Waals surface area (Å²) in [5.74, 6) is 0.147. The maximum atomic E-state index is 12.3. The van der Waals surface area contributed by atoms with Crippen LogP contribution in [0, 0.1) is 11.8 Å². The summed E-state index contributed by atoms with van der Waals surface area (Å²) >= 11 is 0. The lowest BCUT2D eigenvalue weighted by Gasteiger charge is -2.32. The van der Waals surface area contributed by atoms with E-state index in [-0.39, 0.29) is 35.9 Å². The van der Waals surface area contributed by atoms with Crippen LogP contribution in [-0.4, -0.2) is 38.2 Å². The first-order valence-electron chi connectivity index (χ1n) is 9.61. The summed E-state index contributed by atoms with van der Waals surface area (Å²) in [6, 6.07) is 9.92. The molecule has 6 heteroatoms. The Labute approximate surface area is 155 Å². The Hall–Kier alpha value is -2.08. The van der Waals surface area contributed by atoms with Crippen LogP contribution in [0.3, 0.4) is 0 Å². The zero-order valence-corrected chi connectivity index (χ0v) is 15.4. The molecule has 3 rings (SSSR count). The summed E-state index contributed by atoms with van der Waals surface area (Å²) in [6.45, 7) is 1.33. The Bertz CT molecular complexity index is 608. The fourth-order valence-electron chi connectivity index (χ4n) is 4.14. The summed E-state index contributed by atoms with van der Waals surface area (Å²) in [5, 5.41) is 8.67. The van der Waals surface area contributed by atoms with Crippen molar-refractivity contribution in [3.8, 4) is 0 Å². The zero-order valence-electron chi connectivity index (χ0n) is 15.4. The van der Waals surface area contributed by atoms with Gasteiger partial charge in [-0.1, -0.05) is 36.8 Å². The molecule has 1 aromatic rings. The first-order valence-corrected chi connectivity index (χ1v) is 9.61. The van der Waals surface area contributed by atoms with Crippen LogP contribution in [0.1, 0.15) is 43.8 Å². The third kappa shape index (κ3) is 4.55. The maximum absolute atomic E-state index is 12.3. The van der Waals surface area contributed by atoms with Crippen molar-refractivity contribution in [2.24, 2.45) is 11.8 Å². The fourth-order valence-corrected chi connectivity index (χ4v) is 4.14. The third-order valence-electron chi connectivity index (χ3n) is 5.51. The first-order chi connectivity index (χ1) is 12.7. The van der Waals surface area contributed by atoms with Crippen molar-refractivity contribution in [3.63, 3.8) is 0 Å². The molecule has 0 bridgehead atoms. The topological polar surface area (TPSA) is 79.5 Å². The van der Waals surface area contributed by atoms with E-state index in [4.69, 9.17) is 4.74 Å². The summed E-state index contributed by atoms with van der Waals surface area (Å²) in [5.41, 5.74) is 1.16. The number of benzene rings is 1. The highest BCUT2D eigenvalue weighted by molar-refractivity contribution is 5.81. The molecule has 1 aromatic carbocycles. The highest BCUT2D eigenvalue weighted by Gasteiger charge is 2.34. The smallest absolute Gasteiger partial charge is 0.315 e. The van der Waals surface area contributed by atoms with Crippen LogP contribution < -0.4 is 16.0 Å². The van der Waals surface area contributed by atoms with Crippen LogP contribution >= 0.6 is 0 Å². The van der Waals surface area contributed by atoms with Crippen molar-refractivity contribution in [3.05, 3.63) is 35.9 Å². The molecule has 1 saturated carbocycles. The second-order valence-electron chi connectivity index (χ2n) is 7.22. The molecule has 3 amide bonds. The van der Waals surface area contributed by atoms with E-state index in [1.165, 1.54) is 0 Å². The molecule has 142 valence electrons. The number of carbonyl (C=O) groups is 2. The molecule has 2 fully saturated rings. The standard InChI is InChI=1S/C20H29N3O3/c1-21-19(24)16-10-5-11-17(16)23-20(25)22-13-15-9-6-12-26-18(15)14-7-3-2-4-8-14/h2-4,7-8,15-18H,5-6,9-13H2,1H3,(H,21,24)(H2,22,23,25). The van der Waals surface area contributed by atoms with Crippen LogP contribution in [0.4, 0.5) is 4.79 Å². The van der Waals surface area contributed by atoms with E-state index >= 15 is 0 Å². The van der Waals surface area contributed by atoms with Gasteiger partial charge in [0.25, 0.3) is 0 Å². The predicted molar refractivity (Wildman–Crippen MR) is 99.6 cm³/mol. The minimum absolute atomic E-state index is 0.0117. The average Bonchev–Trinajstić information content (AvgIpc) is 3.14. The van der Waals surface area contributed by atoms with Gasteiger partial charge >= 0.3 is 6.03 Å². The zero-order chi connectivity index (χ0) is 18.4. The Kier molecular flexibility index (Phi) is 6.50. The maximum Gasteiger partial charge on any atom is 0.315 e. The van der Waals surface area contributed by atoms with Gasteiger partial charge in [0, 0.05) is 32.2 Å². The van der Waals surface area contributed by atoms with E-state index in [1.54, 1.807) is 7.05 Å². The molecule has 26 heavy (non-hydrogen) atoms. The molecule has 1 saturated heterocycles. The number of urea groups is 1. The van der Waals surface area contributed by atoms with Crippen LogP contribution in [-0.2, 0) is 9.53 Å². The van der Waals surface area contributed by atoms with Gasteiger partial charge in [0.1, 0.15) is 0 Å². The SMILES string of the molecule is CNC(=O)C1CCCC1NC(=O)NCC1CCCOC1c1ccccc1. The van der Waals surface area contributed by atoms with Crippen LogP contribution in [0.15, 0.2) is 30.3 Å². The van der Waals surface area contributed by atoms with E-state index in [2.05, 4.69) is 28.1 Å². The molecule has 1 aliphatic carbocycles. The van der Waals surface area contributed by atoms with Crippen molar-refractivity contribution in [2.75, 3.05) is 20.2 Å². The molecule has 0 spiro atoms. The minimum atomic E-state index is -0.191. The van der Waals surface area contributed by atoms with Crippen molar-refractivity contribution >= 4 is 11.9 Å². The van der Waals surface area contributed by atoms with Crippen molar-refractivity contribution in [1.29, 1.82) is 0 Å². The van der Waals surface area contributed by atoms with Gasteiger partial charge in [-0.2, -0.15) is 0 Å². The van der Waals surface area contributed by atoms with Crippen molar-refractivity contribution in [1.82, 2.24) is 16.0 Å². The molecular weight excluding hydrogens is 330 g/mol. The first kappa shape index (κ1) is 18.7. The monoisotopic (exact) mass is 359 g/mol. The summed E-state index contributed by atoms with van der Waals surface area (Å²) < 4.78 is 5.98. The normalized spacial score (nSPS) is 28.3. The van der Waals surface area contributed by atoms with Gasteiger partial charge in [-0.25, -0.2) is 4.79 Å². The number of hydrogen-bond acceptors (Lipinski definition) is 3. The quantitative estimate of drug-likeness (QED) is 0.755. The number of carbonyl (C=O) groups excluding carboxylic acids is 2. The van der Waals surface area contributed by atoms with E-state index in [0.717, 1.165) is 44.3 Å². The van der Waals surface area contributed by atoms with E-state index < -0.39 is 0 Å². The van der Waals surface area contributed by atoms with Gasteiger partial charge in [0.2, 0.25) is 5.91 Å². The lowest BCUT2D eigenvalue weighted by Crippen LogP contribution is -2.48. The molecule has 2 aliphatic rings. The molecule has 3 N–H and O–H groups in total.